The maximum atomic E-state index is 12.3. The highest BCUT2D eigenvalue weighted by Crippen LogP contribution is 2.13. The average Bonchev–Trinajstić information content (AvgIpc) is 2.55. The topological polar surface area (TPSA) is 54.0 Å². The van der Waals surface area contributed by atoms with E-state index < -0.39 is 0 Å². The number of nitrogens with one attached hydrogen (secondary N) is 2. The Morgan fingerprint density at radius 3 is 2.52 bits per heavy atom. The number of aromatic nitrogens is 1. The third-order valence-corrected chi connectivity index (χ3v) is 3.66. The van der Waals surface area contributed by atoms with Crippen LogP contribution in [0.1, 0.15) is 43.2 Å². The normalized spacial score (nSPS) is 10.6. The minimum absolute atomic E-state index is 0.193. The molecule has 2 N–H and O–H groups in total. The summed E-state index contributed by atoms with van der Waals surface area (Å²) >= 11 is 0. The van der Waals surface area contributed by atoms with Gasteiger partial charge in [-0.1, -0.05) is 32.9 Å². The Hall–Kier alpha value is -2.36. The molecule has 122 valence electrons. The zero-order valence-electron chi connectivity index (χ0n) is 14.1. The van der Waals surface area contributed by atoms with Gasteiger partial charge in [0.2, 0.25) is 0 Å². The molecule has 1 aromatic heterocycles. The first-order valence-corrected chi connectivity index (χ1v) is 8.18. The second-order valence-electron chi connectivity index (χ2n) is 6.04. The Morgan fingerprint density at radius 1 is 1.13 bits per heavy atom. The Bertz CT molecular complexity index is 635. The number of amides is 1. The molecule has 2 aromatic rings. The second kappa shape index (κ2) is 8.32. The Kier molecular flexibility index (Phi) is 6.15. The molecule has 0 saturated carbocycles. The van der Waals surface area contributed by atoms with Crippen LogP contribution in [0.15, 0.2) is 42.6 Å². The van der Waals surface area contributed by atoms with Crippen LogP contribution in [0.3, 0.4) is 0 Å². The van der Waals surface area contributed by atoms with E-state index in [-0.39, 0.29) is 5.91 Å². The van der Waals surface area contributed by atoms with Gasteiger partial charge in [0.15, 0.2) is 0 Å². The Labute approximate surface area is 138 Å². The predicted molar refractivity (Wildman–Crippen MR) is 96.0 cm³/mol. The molecule has 0 atom stereocenters. The van der Waals surface area contributed by atoms with Gasteiger partial charge in [-0.05, 0) is 48.6 Å². The van der Waals surface area contributed by atoms with Crippen molar-refractivity contribution in [3.8, 4) is 0 Å². The number of aryl methyl sites for hydroxylation is 1. The smallest absolute Gasteiger partial charge is 0.274 e. The minimum Gasteiger partial charge on any atom is -0.385 e. The number of benzene rings is 1. The molecule has 1 heterocycles. The first-order chi connectivity index (χ1) is 11.1. The third kappa shape index (κ3) is 5.40. The zero-order chi connectivity index (χ0) is 16.7. The Morgan fingerprint density at radius 2 is 1.87 bits per heavy atom. The summed E-state index contributed by atoms with van der Waals surface area (Å²) in [6.45, 7) is 7.38. The fourth-order valence-electron chi connectivity index (χ4n) is 2.19. The largest absolute Gasteiger partial charge is 0.385 e. The number of pyridine rings is 1. The summed E-state index contributed by atoms with van der Waals surface area (Å²) in [6, 6.07) is 11.5. The standard InChI is InChI=1S/C19H25N3O/c1-4-15-5-7-16(8-6-15)22-19(23)18-13-17(10-12-21-18)20-11-9-14(2)3/h5-8,10,12-14H,4,9,11H2,1-3H3,(H,20,21)(H,22,23). The van der Waals surface area contributed by atoms with E-state index in [1.807, 2.05) is 30.3 Å². The fourth-order valence-corrected chi connectivity index (χ4v) is 2.19. The molecule has 0 aliphatic carbocycles. The maximum absolute atomic E-state index is 12.3. The number of hydrogen-bond donors (Lipinski definition) is 2. The van der Waals surface area contributed by atoms with Gasteiger partial charge < -0.3 is 10.6 Å². The van der Waals surface area contributed by atoms with Crippen LogP contribution < -0.4 is 10.6 Å². The number of hydrogen-bond acceptors (Lipinski definition) is 3. The van der Waals surface area contributed by atoms with Crippen molar-refractivity contribution in [1.29, 1.82) is 0 Å². The second-order valence-corrected chi connectivity index (χ2v) is 6.04. The highest BCUT2D eigenvalue weighted by Gasteiger charge is 2.08. The van der Waals surface area contributed by atoms with Gasteiger partial charge in [-0.3, -0.25) is 9.78 Å². The quantitative estimate of drug-likeness (QED) is 0.799. The lowest BCUT2D eigenvalue weighted by atomic mass is 10.1. The molecule has 0 radical (unpaired) electrons. The van der Waals surface area contributed by atoms with Crippen LogP contribution >= 0.6 is 0 Å². The molecule has 0 bridgehead atoms. The molecule has 0 unspecified atom stereocenters. The van der Waals surface area contributed by atoms with Crippen molar-refractivity contribution in [2.75, 3.05) is 17.2 Å². The van der Waals surface area contributed by atoms with Crippen LogP contribution in [-0.4, -0.2) is 17.4 Å². The Balaban J connectivity index is 1.98. The molecular weight excluding hydrogens is 286 g/mol. The molecule has 0 aliphatic rings. The number of carbonyl (C=O) groups is 1. The van der Waals surface area contributed by atoms with Crippen LogP contribution in [0, 0.1) is 5.92 Å². The van der Waals surface area contributed by atoms with Crippen molar-refractivity contribution in [1.82, 2.24) is 4.98 Å². The van der Waals surface area contributed by atoms with Crippen molar-refractivity contribution < 1.29 is 4.79 Å². The molecule has 0 fully saturated rings. The van der Waals surface area contributed by atoms with Crippen molar-refractivity contribution in [3.05, 3.63) is 53.9 Å². The molecule has 4 nitrogen and oxygen atoms in total. The number of anilines is 2. The molecule has 0 spiro atoms. The molecule has 2 rings (SSSR count). The van der Waals surface area contributed by atoms with Gasteiger partial charge in [-0.2, -0.15) is 0 Å². The van der Waals surface area contributed by atoms with E-state index in [0.717, 1.165) is 30.8 Å². The van der Waals surface area contributed by atoms with Crippen molar-refractivity contribution >= 4 is 17.3 Å². The molecular formula is C19H25N3O. The molecule has 0 saturated heterocycles. The fraction of sp³-hybridized carbons (Fsp3) is 0.368. The monoisotopic (exact) mass is 311 g/mol. The molecule has 1 aromatic carbocycles. The lowest BCUT2D eigenvalue weighted by Crippen LogP contribution is -2.14. The summed E-state index contributed by atoms with van der Waals surface area (Å²) in [5.41, 5.74) is 3.37. The summed E-state index contributed by atoms with van der Waals surface area (Å²) in [6.07, 6.45) is 3.74. The van der Waals surface area contributed by atoms with Crippen LogP contribution in [-0.2, 0) is 6.42 Å². The van der Waals surface area contributed by atoms with Crippen LogP contribution in [0.4, 0.5) is 11.4 Å². The van der Waals surface area contributed by atoms with Gasteiger partial charge in [0, 0.05) is 24.1 Å². The van der Waals surface area contributed by atoms with E-state index >= 15 is 0 Å². The van der Waals surface area contributed by atoms with Gasteiger partial charge >= 0.3 is 0 Å². The van der Waals surface area contributed by atoms with E-state index in [4.69, 9.17) is 0 Å². The predicted octanol–water partition coefficient (Wildman–Crippen LogP) is 4.35. The number of nitrogens with zero attached hydrogens (tertiary/aromatic N) is 1. The highest BCUT2D eigenvalue weighted by atomic mass is 16.1. The summed E-state index contributed by atoms with van der Waals surface area (Å²) in [5, 5.41) is 6.21. The highest BCUT2D eigenvalue weighted by molar-refractivity contribution is 6.03. The molecule has 1 amide bonds. The van der Waals surface area contributed by atoms with E-state index in [2.05, 4.69) is 36.4 Å². The average molecular weight is 311 g/mol. The third-order valence-electron chi connectivity index (χ3n) is 3.66. The summed E-state index contributed by atoms with van der Waals surface area (Å²) in [5.74, 6) is 0.458. The van der Waals surface area contributed by atoms with Gasteiger partial charge in [0.1, 0.15) is 5.69 Å². The SMILES string of the molecule is CCc1ccc(NC(=O)c2cc(NCCC(C)C)ccn2)cc1. The van der Waals surface area contributed by atoms with Crippen LogP contribution in [0.5, 0.6) is 0 Å². The minimum atomic E-state index is -0.193. The van der Waals surface area contributed by atoms with Gasteiger partial charge in [-0.15, -0.1) is 0 Å². The lowest BCUT2D eigenvalue weighted by Gasteiger charge is -2.10. The zero-order valence-corrected chi connectivity index (χ0v) is 14.1. The van der Waals surface area contributed by atoms with E-state index in [1.54, 1.807) is 12.3 Å². The van der Waals surface area contributed by atoms with E-state index in [9.17, 15) is 4.79 Å². The van der Waals surface area contributed by atoms with Gasteiger partial charge in [0.25, 0.3) is 5.91 Å². The molecule has 4 heteroatoms. The summed E-state index contributed by atoms with van der Waals surface area (Å²) in [7, 11) is 0. The van der Waals surface area contributed by atoms with E-state index in [0.29, 0.717) is 11.6 Å². The lowest BCUT2D eigenvalue weighted by molar-refractivity contribution is 0.102. The summed E-state index contributed by atoms with van der Waals surface area (Å²) < 4.78 is 0. The van der Waals surface area contributed by atoms with E-state index in [1.165, 1.54) is 5.56 Å². The van der Waals surface area contributed by atoms with Crippen molar-refractivity contribution in [2.24, 2.45) is 5.92 Å². The van der Waals surface area contributed by atoms with Gasteiger partial charge in [0.05, 0.1) is 0 Å². The first-order valence-electron chi connectivity index (χ1n) is 8.18. The number of carbonyl (C=O) groups excluding carboxylic acids is 1. The van der Waals surface area contributed by atoms with Crippen LogP contribution in [0.25, 0.3) is 0 Å². The van der Waals surface area contributed by atoms with Crippen LogP contribution in [0.2, 0.25) is 0 Å². The van der Waals surface area contributed by atoms with Gasteiger partial charge in [-0.25, -0.2) is 0 Å². The van der Waals surface area contributed by atoms with Crippen molar-refractivity contribution in [3.63, 3.8) is 0 Å². The number of rotatable bonds is 7. The molecule has 23 heavy (non-hydrogen) atoms. The van der Waals surface area contributed by atoms with Crippen molar-refractivity contribution in [2.45, 2.75) is 33.6 Å². The first kappa shape index (κ1) is 17.0. The maximum Gasteiger partial charge on any atom is 0.274 e. The summed E-state index contributed by atoms with van der Waals surface area (Å²) in [4.78, 5) is 16.5. The molecule has 0 aliphatic heterocycles.